The third-order valence-corrected chi connectivity index (χ3v) is 2.89. The van der Waals surface area contributed by atoms with Gasteiger partial charge in [-0.2, -0.15) is 0 Å². The lowest BCUT2D eigenvalue weighted by Gasteiger charge is -2.24. The van der Waals surface area contributed by atoms with Gasteiger partial charge in [-0.3, -0.25) is 4.79 Å². The predicted octanol–water partition coefficient (Wildman–Crippen LogP) is 0.196. The molecule has 0 aromatic carbocycles. The van der Waals surface area contributed by atoms with Crippen LogP contribution in [0.15, 0.2) is 0 Å². The molecule has 0 radical (unpaired) electrons. The summed E-state index contributed by atoms with van der Waals surface area (Å²) in [5, 5.41) is 6.33. The van der Waals surface area contributed by atoms with Gasteiger partial charge in [0.25, 0.3) is 0 Å². The smallest absolute Gasteiger partial charge is 0.216 e. The van der Waals surface area contributed by atoms with Crippen molar-refractivity contribution in [1.29, 1.82) is 0 Å². The minimum Gasteiger partial charge on any atom is -0.355 e. The quantitative estimate of drug-likeness (QED) is 0.662. The standard InChI is InChI=1S/C11H23N3O/c1-3-14(8-7-12-10(2)15)9-11-5-4-6-13-11/h11,13H,3-9H2,1-2H3,(H,12,15). The second-order valence-electron chi connectivity index (χ2n) is 4.17. The van der Waals surface area contributed by atoms with Gasteiger partial charge in [-0.25, -0.2) is 0 Å². The number of carbonyl (C=O) groups excluding carboxylic acids is 1. The second kappa shape index (κ2) is 6.80. The van der Waals surface area contributed by atoms with E-state index in [1.165, 1.54) is 12.8 Å². The lowest BCUT2D eigenvalue weighted by Crippen LogP contribution is -2.41. The molecule has 0 saturated carbocycles. The molecule has 0 bridgehead atoms. The Morgan fingerprint density at radius 3 is 2.93 bits per heavy atom. The normalized spacial score (nSPS) is 20.9. The van der Waals surface area contributed by atoms with E-state index >= 15 is 0 Å². The highest BCUT2D eigenvalue weighted by atomic mass is 16.1. The van der Waals surface area contributed by atoms with Crippen LogP contribution in [0, 0.1) is 0 Å². The first kappa shape index (κ1) is 12.5. The SMILES string of the molecule is CCN(CCNC(C)=O)CC1CCCN1. The topological polar surface area (TPSA) is 44.4 Å². The molecule has 1 heterocycles. The summed E-state index contributed by atoms with van der Waals surface area (Å²) >= 11 is 0. The Morgan fingerprint density at radius 2 is 2.40 bits per heavy atom. The minimum absolute atomic E-state index is 0.0602. The van der Waals surface area contributed by atoms with Gasteiger partial charge in [0.2, 0.25) is 5.91 Å². The molecule has 1 amide bonds. The molecule has 2 N–H and O–H groups in total. The summed E-state index contributed by atoms with van der Waals surface area (Å²) in [5.74, 6) is 0.0602. The Balaban J connectivity index is 2.13. The Bertz CT molecular complexity index is 190. The number of rotatable bonds is 6. The number of carbonyl (C=O) groups is 1. The van der Waals surface area contributed by atoms with Gasteiger partial charge in [0.1, 0.15) is 0 Å². The van der Waals surface area contributed by atoms with Gasteiger partial charge in [0.15, 0.2) is 0 Å². The first-order valence-corrected chi connectivity index (χ1v) is 5.92. The van der Waals surface area contributed by atoms with Crippen molar-refractivity contribution < 1.29 is 4.79 Å². The van der Waals surface area contributed by atoms with Gasteiger partial charge in [0, 0.05) is 32.6 Å². The third-order valence-electron chi connectivity index (χ3n) is 2.89. The van der Waals surface area contributed by atoms with Crippen LogP contribution in [0.1, 0.15) is 26.7 Å². The molecule has 1 aliphatic rings. The van der Waals surface area contributed by atoms with Crippen LogP contribution in [0.5, 0.6) is 0 Å². The summed E-state index contributed by atoms with van der Waals surface area (Å²) in [6.45, 7) is 8.77. The van der Waals surface area contributed by atoms with Crippen LogP contribution in [0.25, 0.3) is 0 Å². The van der Waals surface area contributed by atoms with Gasteiger partial charge in [0.05, 0.1) is 0 Å². The molecule has 4 heteroatoms. The fourth-order valence-electron chi connectivity index (χ4n) is 1.99. The number of nitrogens with zero attached hydrogens (tertiary/aromatic N) is 1. The van der Waals surface area contributed by atoms with E-state index in [2.05, 4.69) is 22.5 Å². The van der Waals surface area contributed by atoms with Crippen molar-refractivity contribution >= 4 is 5.91 Å². The molecule has 1 saturated heterocycles. The molecule has 1 aliphatic heterocycles. The summed E-state index contributed by atoms with van der Waals surface area (Å²) in [6.07, 6.45) is 2.59. The lowest BCUT2D eigenvalue weighted by atomic mass is 10.2. The summed E-state index contributed by atoms with van der Waals surface area (Å²) in [6, 6.07) is 0.655. The maximum Gasteiger partial charge on any atom is 0.216 e. The van der Waals surface area contributed by atoms with Gasteiger partial charge in [-0.05, 0) is 25.9 Å². The lowest BCUT2D eigenvalue weighted by molar-refractivity contribution is -0.119. The van der Waals surface area contributed by atoms with Crippen LogP contribution >= 0.6 is 0 Å². The Morgan fingerprint density at radius 1 is 1.60 bits per heavy atom. The zero-order valence-electron chi connectivity index (χ0n) is 9.88. The maximum absolute atomic E-state index is 10.7. The van der Waals surface area contributed by atoms with Gasteiger partial charge >= 0.3 is 0 Å². The molecule has 1 fully saturated rings. The van der Waals surface area contributed by atoms with Crippen molar-refractivity contribution in [2.45, 2.75) is 32.7 Å². The molecule has 0 spiro atoms. The molecule has 1 rings (SSSR count). The summed E-state index contributed by atoms with van der Waals surface area (Å²) in [7, 11) is 0. The molecule has 15 heavy (non-hydrogen) atoms. The van der Waals surface area contributed by atoms with Crippen molar-refractivity contribution in [2.75, 3.05) is 32.7 Å². The van der Waals surface area contributed by atoms with Crippen molar-refractivity contribution in [1.82, 2.24) is 15.5 Å². The van der Waals surface area contributed by atoms with Crippen LogP contribution < -0.4 is 10.6 Å². The molecule has 88 valence electrons. The first-order valence-electron chi connectivity index (χ1n) is 5.92. The summed E-state index contributed by atoms with van der Waals surface area (Å²) in [4.78, 5) is 13.1. The van der Waals surface area contributed by atoms with Crippen LogP contribution in [-0.2, 0) is 4.79 Å². The number of hydrogen-bond donors (Lipinski definition) is 2. The van der Waals surface area contributed by atoms with E-state index in [-0.39, 0.29) is 5.91 Å². The van der Waals surface area contributed by atoms with Gasteiger partial charge < -0.3 is 15.5 Å². The van der Waals surface area contributed by atoms with Gasteiger partial charge in [-0.1, -0.05) is 6.92 Å². The number of nitrogens with one attached hydrogen (secondary N) is 2. The van der Waals surface area contributed by atoms with Crippen LogP contribution in [0.4, 0.5) is 0 Å². The van der Waals surface area contributed by atoms with E-state index in [4.69, 9.17) is 0 Å². The molecule has 1 unspecified atom stereocenters. The predicted molar refractivity (Wildman–Crippen MR) is 61.8 cm³/mol. The molecule has 0 aromatic rings. The molecule has 1 atom stereocenters. The van der Waals surface area contributed by atoms with E-state index in [0.717, 1.165) is 32.7 Å². The Hall–Kier alpha value is -0.610. The molecular weight excluding hydrogens is 190 g/mol. The largest absolute Gasteiger partial charge is 0.355 e. The van der Waals surface area contributed by atoms with Crippen LogP contribution in [0.3, 0.4) is 0 Å². The minimum atomic E-state index is 0.0602. The van der Waals surface area contributed by atoms with Crippen molar-refractivity contribution in [3.63, 3.8) is 0 Å². The maximum atomic E-state index is 10.7. The molecule has 0 aliphatic carbocycles. The van der Waals surface area contributed by atoms with E-state index < -0.39 is 0 Å². The second-order valence-corrected chi connectivity index (χ2v) is 4.17. The van der Waals surface area contributed by atoms with E-state index in [9.17, 15) is 4.79 Å². The summed E-state index contributed by atoms with van der Waals surface area (Å²) in [5.41, 5.74) is 0. The van der Waals surface area contributed by atoms with E-state index in [1.54, 1.807) is 6.92 Å². The van der Waals surface area contributed by atoms with Crippen molar-refractivity contribution in [2.24, 2.45) is 0 Å². The highest BCUT2D eigenvalue weighted by Gasteiger charge is 2.16. The number of hydrogen-bond acceptors (Lipinski definition) is 3. The molecule has 4 nitrogen and oxygen atoms in total. The fraction of sp³-hybridized carbons (Fsp3) is 0.909. The Labute approximate surface area is 92.4 Å². The number of amides is 1. The average Bonchev–Trinajstić information content (AvgIpc) is 2.68. The van der Waals surface area contributed by atoms with E-state index in [1.807, 2.05) is 0 Å². The third kappa shape index (κ3) is 5.14. The van der Waals surface area contributed by atoms with Crippen LogP contribution in [-0.4, -0.2) is 49.6 Å². The first-order chi connectivity index (χ1) is 7.22. The monoisotopic (exact) mass is 213 g/mol. The Kier molecular flexibility index (Phi) is 5.65. The van der Waals surface area contributed by atoms with Crippen LogP contribution in [0.2, 0.25) is 0 Å². The zero-order chi connectivity index (χ0) is 11.1. The molecule has 0 aromatic heterocycles. The number of likely N-dealkylation sites (N-methyl/N-ethyl adjacent to an activating group) is 1. The zero-order valence-corrected chi connectivity index (χ0v) is 9.88. The average molecular weight is 213 g/mol. The highest BCUT2D eigenvalue weighted by Crippen LogP contribution is 2.06. The molecular formula is C11H23N3O. The highest BCUT2D eigenvalue weighted by molar-refractivity contribution is 5.72. The van der Waals surface area contributed by atoms with E-state index in [0.29, 0.717) is 6.04 Å². The van der Waals surface area contributed by atoms with Gasteiger partial charge in [-0.15, -0.1) is 0 Å². The van der Waals surface area contributed by atoms with Crippen molar-refractivity contribution in [3.05, 3.63) is 0 Å². The summed E-state index contributed by atoms with van der Waals surface area (Å²) < 4.78 is 0. The van der Waals surface area contributed by atoms with Crippen molar-refractivity contribution in [3.8, 4) is 0 Å². The fourth-order valence-corrected chi connectivity index (χ4v) is 1.99.